The van der Waals surface area contributed by atoms with Gasteiger partial charge in [0.25, 0.3) is 0 Å². The molecule has 0 saturated carbocycles. The normalized spacial score (nSPS) is 11.3. The van der Waals surface area contributed by atoms with Gasteiger partial charge in [-0.25, -0.2) is 4.98 Å². The highest BCUT2D eigenvalue weighted by atomic mass is 16.5. The highest BCUT2D eigenvalue weighted by Crippen LogP contribution is 2.30. The van der Waals surface area contributed by atoms with Crippen LogP contribution in [-0.2, 0) is 11.3 Å². The highest BCUT2D eigenvalue weighted by Gasteiger charge is 2.15. The van der Waals surface area contributed by atoms with Crippen molar-refractivity contribution in [3.8, 4) is 11.1 Å². The van der Waals surface area contributed by atoms with Crippen LogP contribution in [0.25, 0.3) is 16.8 Å². The van der Waals surface area contributed by atoms with Gasteiger partial charge < -0.3 is 15.4 Å². The predicted octanol–water partition coefficient (Wildman–Crippen LogP) is 3.55. The van der Waals surface area contributed by atoms with E-state index in [-0.39, 0.29) is 0 Å². The number of likely N-dealkylation sites (N-methyl/N-ethyl adjacent to an activating group) is 1. The molecular formula is C21H28N4O. The zero-order valence-corrected chi connectivity index (χ0v) is 16.1. The summed E-state index contributed by atoms with van der Waals surface area (Å²) in [6.07, 6.45) is 4.10. The van der Waals surface area contributed by atoms with E-state index in [1.807, 2.05) is 6.20 Å². The number of aromatic nitrogens is 2. The summed E-state index contributed by atoms with van der Waals surface area (Å²) in [5.41, 5.74) is 13.0. The van der Waals surface area contributed by atoms with Gasteiger partial charge in [-0.15, -0.1) is 0 Å². The van der Waals surface area contributed by atoms with E-state index in [9.17, 15) is 0 Å². The van der Waals surface area contributed by atoms with Gasteiger partial charge in [-0.3, -0.25) is 4.40 Å². The molecule has 1 aromatic carbocycles. The molecule has 26 heavy (non-hydrogen) atoms. The maximum absolute atomic E-state index is 6.05. The number of hydrogen-bond acceptors (Lipinski definition) is 4. The highest BCUT2D eigenvalue weighted by molar-refractivity contribution is 5.73. The fourth-order valence-corrected chi connectivity index (χ4v) is 3.45. The lowest BCUT2D eigenvalue weighted by Gasteiger charge is -2.22. The summed E-state index contributed by atoms with van der Waals surface area (Å²) in [5.74, 6) is 1.08. The number of methoxy groups -OCH3 is 1. The van der Waals surface area contributed by atoms with Crippen LogP contribution in [0.3, 0.4) is 0 Å². The Kier molecular flexibility index (Phi) is 5.59. The van der Waals surface area contributed by atoms with Gasteiger partial charge in [0.1, 0.15) is 11.5 Å². The summed E-state index contributed by atoms with van der Waals surface area (Å²) >= 11 is 0. The van der Waals surface area contributed by atoms with Crippen molar-refractivity contribution in [3.05, 3.63) is 53.3 Å². The zero-order chi connectivity index (χ0) is 18.7. The van der Waals surface area contributed by atoms with E-state index in [1.165, 1.54) is 22.3 Å². The summed E-state index contributed by atoms with van der Waals surface area (Å²) in [7, 11) is 1.73. The molecule has 0 aliphatic rings. The van der Waals surface area contributed by atoms with E-state index >= 15 is 0 Å². The molecule has 3 rings (SSSR count). The maximum Gasteiger partial charge on any atom is 0.138 e. The Morgan fingerprint density at radius 2 is 2.00 bits per heavy atom. The second kappa shape index (κ2) is 7.89. The smallest absolute Gasteiger partial charge is 0.138 e. The van der Waals surface area contributed by atoms with Crippen LogP contribution in [-0.4, -0.2) is 36.2 Å². The molecule has 0 amide bonds. The molecule has 2 aromatic heterocycles. The lowest BCUT2D eigenvalue weighted by Crippen LogP contribution is -2.27. The molecule has 5 heteroatoms. The summed E-state index contributed by atoms with van der Waals surface area (Å²) in [5, 5.41) is 0. The minimum atomic E-state index is 0.489. The van der Waals surface area contributed by atoms with Crippen LogP contribution in [0.15, 0.2) is 36.7 Å². The quantitative estimate of drug-likeness (QED) is 0.706. The van der Waals surface area contributed by atoms with E-state index < -0.39 is 0 Å². The fourth-order valence-electron chi connectivity index (χ4n) is 3.45. The summed E-state index contributed by atoms with van der Waals surface area (Å²) in [6.45, 7) is 9.32. The number of aryl methyl sites for hydroxylation is 2. The fraction of sp³-hybridized carbons (Fsp3) is 0.381. The SMILES string of the molecule is CCN(CCOC)c1cnc2cc(CN)c(-c3ccc(C)cc3C)cn12. The second-order valence-corrected chi connectivity index (χ2v) is 6.65. The van der Waals surface area contributed by atoms with E-state index in [0.717, 1.165) is 30.1 Å². The molecule has 0 radical (unpaired) electrons. The van der Waals surface area contributed by atoms with Gasteiger partial charge in [0, 0.05) is 38.5 Å². The van der Waals surface area contributed by atoms with Crippen molar-refractivity contribution in [1.82, 2.24) is 9.38 Å². The summed E-state index contributed by atoms with van der Waals surface area (Å²) in [6, 6.07) is 8.65. The molecule has 0 bridgehead atoms. The predicted molar refractivity (Wildman–Crippen MR) is 108 cm³/mol. The van der Waals surface area contributed by atoms with Crippen molar-refractivity contribution >= 4 is 11.5 Å². The van der Waals surface area contributed by atoms with Crippen molar-refractivity contribution < 1.29 is 4.74 Å². The number of pyridine rings is 1. The number of imidazole rings is 1. The van der Waals surface area contributed by atoms with Crippen LogP contribution in [0.1, 0.15) is 23.6 Å². The lowest BCUT2D eigenvalue weighted by molar-refractivity contribution is 0.205. The van der Waals surface area contributed by atoms with Gasteiger partial charge in [0.2, 0.25) is 0 Å². The molecule has 138 valence electrons. The maximum atomic E-state index is 6.05. The first kappa shape index (κ1) is 18.4. The van der Waals surface area contributed by atoms with Crippen LogP contribution in [0.5, 0.6) is 0 Å². The largest absolute Gasteiger partial charge is 0.383 e. The van der Waals surface area contributed by atoms with Gasteiger partial charge in [-0.05, 0) is 43.5 Å². The van der Waals surface area contributed by atoms with Gasteiger partial charge in [0.05, 0.1) is 12.8 Å². The van der Waals surface area contributed by atoms with Crippen LogP contribution in [0.4, 0.5) is 5.82 Å². The standard InChI is InChI=1S/C21H28N4O/c1-5-24(8-9-26-4)21-13-23-20-11-17(12-22)19(14-25(20)21)18-7-6-15(2)10-16(18)3/h6-7,10-11,13-14H,5,8-9,12,22H2,1-4H3. The first-order chi connectivity index (χ1) is 12.6. The van der Waals surface area contributed by atoms with E-state index in [0.29, 0.717) is 13.2 Å². The third-order valence-corrected chi connectivity index (χ3v) is 4.88. The molecule has 3 aromatic rings. The Bertz CT molecular complexity index is 900. The van der Waals surface area contributed by atoms with Crippen molar-refractivity contribution in [3.63, 3.8) is 0 Å². The van der Waals surface area contributed by atoms with Crippen molar-refractivity contribution in [2.24, 2.45) is 5.73 Å². The topological polar surface area (TPSA) is 55.8 Å². The molecule has 0 aliphatic carbocycles. The molecule has 5 nitrogen and oxygen atoms in total. The first-order valence-corrected chi connectivity index (χ1v) is 9.10. The Morgan fingerprint density at radius 3 is 2.65 bits per heavy atom. The van der Waals surface area contributed by atoms with Crippen LogP contribution < -0.4 is 10.6 Å². The van der Waals surface area contributed by atoms with Crippen molar-refractivity contribution in [1.29, 1.82) is 0 Å². The molecule has 0 atom stereocenters. The molecule has 0 saturated heterocycles. The van der Waals surface area contributed by atoms with E-state index in [2.05, 4.69) is 65.5 Å². The monoisotopic (exact) mass is 352 g/mol. The first-order valence-electron chi connectivity index (χ1n) is 9.10. The number of anilines is 1. The molecule has 0 spiro atoms. The zero-order valence-electron chi connectivity index (χ0n) is 16.1. The average molecular weight is 352 g/mol. The van der Waals surface area contributed by atoms with E-state index in [1.54, 1.807) is 7.11 Å². The van der Waals surface area contributed by atoms with Crippen molar-refractivity contribution in [2.75, 3.05) is 31.7 Å². The molecule has 2 heterocycles. The molecule has 0 aliphatic heterocycles. The average Bonchev–Trinajstić information content (AvgIpc) is 3.04. The number of nitrogens with zero attached hydrogens (tertiary/aromatic N) is 3. The number of fused-ring (bicyclic) bond motifs is 1. The Morgan fingerprint density at radius 1 is 1.19 bits per heavy atom. The molecular weight excluding hydrogens is 324 g/mol. The minimum absolute atomic E-state index is 0.489. The summed E-state index contributed by atoms with van der Waals surface area (Å²) in [4.78, 5) is 6.88. The number of benzene rings is 1. The Hall–Kier alpha value is -2.37. The lowest BCUT2D eigenvalue weighted by atomic mass is 9.96. The van der Waals surface area contributed by atoms with Crippen LogP contribution in [0.2, 0.25) is 0 Å². The van der Waals surface area contributed by atoms with Gasteiger partial charge in [-0.2, -0.15) is 0 Å². The molecule has 0 unspecified atom stereocenters. The van der Waals surface area contributed by atoms with Gasteiger partial charge in [-0.1, -0.05) is 23.8 Å². The molecule has 0 fully saturated rings. The molecule has 2 N–H and O–H groups in total. The number of nitrogens with two attached hydrogens (primary N) is 1. The number of hydrogen-bond donors (Lipinski definition) is 1. The van der Waals surface area contributed by atoms with Crippen molar-refractivity contribution in [2.45, 2.75) is 27.3 Å². The Balaban J connectivity index is 2.15. The Labute approximate surface area is 155 Å². The summed E-state index contributed by atoms with van der Waals surface area (Å²) < 4.78 is 7.41. The van der Waals surface area contributed by atoms with Crippen LogP contribution >= 0.6 is 0 Å². The second-order valence-electron chi connectivity index (χ2n) is 6.65. The van der Waals surface area contributed by atoms with Gasteiger partial charge in [0.15, 0.2) is 0 Å². The van der Waals surface area contributed by atoms with Crippen LogP contribution in [0, 0.1) is 13.8 Å². The number of ether oxygens (including phenoxy) is 1. The number of rotatable bonds is 7. The van der Waals surface area contributed by atoms with E-state index in [4.69, 9.17) is 10.5 Å². The third-order valence-electron chi connectivity index (χ3n) is 4.88. The van der Waals surface area contributed by atoms with Gasteiger partial charge >= 0.3 is 0 Å². The third kappa shape index (κ3) is 3.45. The minimum Gasteiger partial charge on any atom is -0.383 e.